The van der Waals surface area contributed by atoms with Gasteiger partial charge < -0.3 is 15.4 Å². The van der Waals surface area contributed by atoms with E-state index in [4.69, 9.17) is 9.84 Å². The molecule has 2 amide bonds. The van der Waals surface area contributed by atoms with Crippen LogP contribution in [0.2, 0.25) is 0 Å². The summed E-state index contributed by atoms with van der Waals surface area (Å²) in [5.74, 6) is 0.512. The summed E-state index contributed by atoms with van der Waals surface area (Å²) >= 11 is 0. The maximum atomic E-state index is 11.7. The van der Waals surface area contributed by atoms with Crippen LogP contribution in [0.25, 0.3) is 11.3 Å². The predicted octanol–water partition coefficient (Wildman–Crippen LogP) is 2.81. The van der Waals surface area contributed by atoms with Gasteiger partial charge in [0.1, 0.15) is 12.4 Å². The molecule has 1 aliphatic rings. The molecular weight excluding hydrogens is 356 g/mol. The van der Waals surface area contributed by atoms with E-state index in [1.54, 1.807) is 19.2 Å². The van der Waals surface area contributed by atoms with Gasteiger partial charge in [0.25, 0.3) is 5.91 Å². The Hall–Kier alpha value is -3.61. The zero-order chi connectivity index (χ0) is 19.7. The van der Waals surface area contributed by atoms with Gasteiger partial charge >= 0.3 is 0 Å². The molecule has 7 nitrogen and oxygen atoms in total. The van der Waals surface area contributed by atoms with E-state index < -0.39 is 0 Å². The molecule has 3 aromatic rings. The lowest BCUT2D eigenvalue weighted by atomic mass is 10.1. The molecule has 2 heterocycles. The number of carbonyl (C=O) groups excluding carboxylic acids is 2. The van der Waals surface area contributed by atoms with Crippen LogP contribution in [0.4, 0.5) is 5.69 Å². The highest BCUT2D eigenvalue weighted by Crippen LogP contribution is 2.30. The highest BCUT2D eigenvalue weighted by molar-refractivity contribution is 5.94. The number of carbonyl (C=O) groups is 2. The Labute approximate surface area is 162 Å². The first kappa shape index (κ1) is 17.8. The molecule has 0 unspecified atom stereocenters. The summed E-state index contributed by atoms with van der Waals surface area (Å²) in [6, 6.07) is 15.0. The molecular formula is C21H20N4O3. The summed E-state index contributed by atoms with van der Waals surface area (Å²) in [4.78, 5) is 22.9. The normalized spacial score (nSPS) is 12.2. The number of hydrogen-bond donors (Lipinski definition) is 2. The molecule has 7 heteroatoms. The number of nitrogens with zero attached hydrogens (tertiary/aromatic N) is 2. The second-order valence-corrected chi connectivity index (χ2v) is 6.63. The van der Waals surface area contributed by atoms with E-state index >= 15 is 0 Å². The number of anilines is 1. The summed E-state index contributed by atoms with van der Waals surface area (Å²) in [5, 5.41) is 10.1. The summed E-state index contributed by atoms with van der Waals surface area (Å²) < 4.78 is 7.87. The van der Waals surface area contributed by atoms with Gasteiger partial charge in [-0.15, -0.1) is 0 Å². The van der Waals surface area contributed by atoms with Crippen molar-refractivity contribution in [1.82, 2.24) is 15.1 Å². The van der Waals surface area contributed by atoms with Crippen molar-refractivity contribution in [2.45, 2.75) is 20.1 Å². The third kappa shape index (κ3) is 3.46. The molecule has 0 saturated carbocycles. The van der Waals surface area contributed by atoms with E-state index in [9.17, 15) is 9.59 Å². The summed E-state index contributed by atoms with van der Waals surface area (Å²) in [6.07, 6.45) is 0. The third-order valence-corrected chi connectivity index (χ3v) is 4.62. The molecule has 0 radical (unpaired) electrons. The minimum absolute atomic E-state index is 0.115. The lowest BCUT2D eigenvalue weighted by molar-refractivity contribution is -0.114. The van der Waals surface area contributed by atoms with Crippen molar-refractivity contribution in [2.75, 3.05) is 12.4 Å². The van der Waals surface area contributed by atoms with Crippen molar-refractivity contribution in [1.29, 1.82) is 0 Å². The number of fused-ring (bicyclic) bond motifs is 2. The summed E-state index contributed by atoms with van der Waals surface area (Å²) in [7, 11) is 1.61. The smallest absolute Gasteiger partial charge is 0.251 e. The third-order valence-electron chi connectivity index (χ3n) is 4.62. The molecule has 0 spiro atoms. The van der Waals surface area contributed by atoms with Gasteiger partial charge in [-0.2, -0.15) is 5.10 Å². The molecule has 0 saturated heterocycles. The van der Waals surface area contributed by atoms with Crippen molar-refractivity contribution in [3.8, 4) is 17.0 Å². The number of hydrogen-bond acceptors (Lipinski definition) is 4. The van der Waals surface area contributed by atoms with Crippen LogP contribution in [0.15, 0.2) is 48.5 Å². The minimum Gasteiger partial charge on any atom is -0.487 e. The molecule has 0 atom stereocenters. The Morgan fingerprint density at radius 1 is 1.11 bits per heavy atom. The van der Waals surface area contributed by atoms with Gasteiger partial charge in [-0.05, 0) is 24.3 Å². The number of amides is 2. The second kappa shape index (κ2) is 7.19. The molecule has 0 bridgehead atoms. The van der Waals surface area contributed by atoms with Gasteiger partial charge in [-0.1, -0.05) is 18.2 Å². The molecule has 0 fully saturated rings. The van der Waals surface area contributed by atoms with Crippen LogP contribution in [-0.4, -0.2) is 28.6 Å². The molecule has 2 N–H and O–H groups in total. The van der Waals surface area contributed by atoms with E-state index in [1.807, 2.05) is 41.1 Å². The molecule has 0 aliphatic carbocycles. The van der Waals surface area contributed by atoms with Gasteiger partial charge in [-0.3, -0.25) is 14.3 Å². The minimum atomic E-state index is -0.117. The molecule has 4 rings (SSSR count). The predicted molar refractivity (Wildman–Crippen MR) is 105 cm³/mol. The van der Waals surface area contributed by atoms with E-state index in [0.29, 0.717) is 24.4 Å². The monoisotopic (exact) mass is 376 g/mol. The van der Waals surface area contributed by atoms with E-state index in [2.05, 4.69) is 10.6 Å². The lowest BCUT2D eigenvalue weighted by Crippen LogP contribution is -2.17. The van der Waals surface area contributed by atoms with Crippen molar-refractivity contribution >= 4 is 17.5 Å². The van der Waals surface area contributed by atoms with Crippen molar-refractivity contribution in [2.24, 2.45) is 0 Å². The number of aromatic nitrogens is 2. The maximum Gasteiger partial charge on any atom is 0.251 e. The van der Waals surface area contributed by atoms with Crippen molar-refractivity contribution in [3.63, 3.8) is 0 Å². The van der Waals surface area contributed by atoms with Crippen LogP contribution in [0.3, 0.4) is 0 Å². The van der Waals surface area contributed by atoms with E-state index in [-0.39, 0.29) is 11.8 Å². The average molecular weight is 376 g/mol. The number of benzene rings is 2. The van der Waals surface area contributed by atoms with E-state index in [1.165, 1.54) is 6.92 Å². The lowest BCUT2D eigenvalue weighted by Gasteiger charge is -2.09. The quantitative estimate of drug-likeness (QED) is 0.736. The second-order valence-electron chi connectivity index (χ2n) is 6.63. The van der Waals surface area contributed by atoms with Gasteiger partial charge in [0.2, 0.25) is 5.91 Å². The zero-order valence-electron chi connectivity index (χ0n) is 15.7. The Morgan fingerprint density at radius 2 is 1.89 bits per heavy atom. The number of ether oxygens (including phenoxy) is 1. The number of nitrogens with one attached hydrogen (secondary N) is 2. The summed E-state index contributed by atoms with van der Waals surface area (Å²) in [6.45, 7) is 2.45. The van der Waals surface area contributed by atoms with E-state index in [0.717, 1.165) is 28.3 Å². The average Bonchev–Trinajstić information content (AvgIpc) is 3.02. The van der Waals surface area contributed by atoms with Gasteiger partial charge in [0.05, 0.1) is 17.9 Å². The molecule has 1 aliphatic heterocycles. The Kier molecular flexibility index (Phi) is 4.57. The van der Waals surface area contributed by atoms with Crippen molar-refractivity contribution in [3.05, 3.63) is 65.4 Å². The van der Waals surface area contributed by atoms with Crippen LogP contribution in [-0.2, 0) is 17.9 Å². The first-order valence-corrected chi connectivity index (χ1v) is 8.96. The Bertz CT molecular complexity index is 1050. The fourth-order valence-electron chi connectivity index (χ4n) is 3.20. The molecule has 142 valence electrons. The standard InChI is InChI=1S/C21H20N4O3/c1-13(26)23-17-8-7-16-11-25-18(12-28-20(16)9-17)10-19(24-25)14-3-5-15(6-4-14)21(27)22-2/h3-10H,11-12H2,1-2H3,(H,22,27)(H,23,26). The van der Waals surface area contributed by atoms with Gasteiger partial charge in [0.15, 0.2) is 0 Å². The van der Waals surface area contributed by atoms with Gasteiger partial charge in [-0.25, -0.2) is 0 Å². The fourth-order valence-corrected chi connectivity index (χ4v) is 3.20. The molecule has 1 aromatic heterocycles. The van der Waals surface area contributed by atoms with Crippen LogP contribution in [0.5, 0.6) is 5.75 Å². The van der Waals surface area contributed by atoms with Crippen LogP contribution < -0.4 is 15.4 Å². The number of rotatable bonds is 3. The Morgan fingerprint density at radius 3 is 2.61 bits per heavy atom. The molecule has 2 aromatic carbocycles. The maximum absolute atomic E-state index is 11.7. The molecule has 28 heavy (non-hydrogen) atoms. The highest BCUT2D eigenvalue weighted by atomic mass is 16.5. The van der Waals surface area contributed by atoms with Crippen molar-refractivity contribution < 1.29 is 14.3 Å². The summed E-state index contributed by atoms with van der Waals surface area (Å²) in [5.41, 5.74) is 5.05. The zero-order valence-corrected chi connectivity index (χ0v) is 15.7. The topological polar surface area (TPSA) is 85.3 Å². The first-order chi connectivity index (χ1) is 13.5. The fraction of sp³-hybridized carbons (Fsp3) is 0.190. The Balaban J connectivity index is 1.59. The SMILES string of the molecule is CNC(=O)c1ccc(-c2cc3n(n2)Cc2ccc(NC(C)=O)cc2OC3)cc1. The van der Waals surface area contributed by atoms with Crippen LogP contribution >= 0.6 is 0 Å². The van der Waals surface area contributed by atoms with Crippen LogP contribution in [0, 0.1) is 0 Å². The van der Waals surface area contributed by atoms with Gasteiger partial charge in [0, 0.05) is 42.4 Å². The van der Waals surface area contributed by atoms with Crippen LogP contribution in [0.1, 0.15) is 28.5 Å². The largest absolute Gasteiger partial charge is 0.487 e. The first-order valence-electron chi connectivity index (χ1n) is 8.96. The highest BCUT2D eigenvalue weighted by Gasteiger charge is 2.18.